The number of rotatable bonds is 6. The molecule has 1 amide bonds. The summed E-state index contributed by atoms with van der Waals surface area (Å²) in [7, 11) is -3.62. The quantitative estimate of drug-likeness (QED) is 0.651. The van der Waals surface area contributed by atoms with Gasteiger partial charge in [0, 0.05) is 18.8 Å². The summed E-state index contributed by atoms with van der Waals surface area (Å²) >= 11 is 0. The van der Waals surface area contributed by atoms with Gasteiger partial charge >= 0.3 is 12.1 Å². The van der Waals surface area contributed by atoms with E-state index in [1.807, 2.05) is 0 Å². The molecule has 1 aliphatic rings. The Hall–Kier alpha value is -2.92. The number of benzene rings is 2. The molecular formula is C21H21F3N2O5S. The van der Waals surface area contributed by atoms with Crippen LogP contribution in [-0.2, 0) is 25.7 Å². The number of nitrogens with zero attached hydrogens (tertiary/aromatic N) is 1. The van der Waals surface area contributed by atoms with Crippen molar-refractivity contribution in [2.75, 3.05) is 18.4 Å². The largest absolute Gasteiger partial charge is 0.449 e. The number of anilines is 1. The molecular weight excluding hydrogens is 449 g/mol. The van der Waals surface area contributed by atoms with Crippen molar-refractivity contribution >= 4 is 27.6 Å². The zero-order valence-electron chi connectivity index (χ0n) is 17.1. The van der Waals surface area contributed by atoms with Gasteiger partial charge in [0.1, 0.15) is 0 Å². The Labute approximate surface area is 183 Å². The molecule has 1 unspecified atom stereocenters. The molecule has 2 aromatic rings. The van der Waals surface area contributed by atoms with Gasteiger partial charge in [-0.05, 0) is 68.3 Å². The third-order valence-electron chi connectivity index (χ3n) is 4.93. The van der Waals surface area contributed by atoms with E-state index in [-0.39, 0.29) is 16.1 Å². The molecule has 7 nitrogen and oxygen atoms in total. The first kappa shape index (κ1) is 23.7. The molecule has 11 heteroatoms. The van der Waals surface area contributed by atoms with E-state index in [2.05, 4.69) is 5.32 Å². The Bertz CT molecular complexity index is 1080. The summed E-state index contributed by atoms with van der Waals surface area (Å²) in [5.41, 5.74) is -0.688. The van der Waals surface area contributed by atoms with Crippen LogP contribution in [-0.4, -0.2) is 43.8 Å². The maximum atomic E-state index is 12.6. The van der Waals surface area contributed by atoms with Gasteiger partial charge in [-0.1, -0.05) is 0 Å². The number of halogens is 3. The standard InChI is InChI=1S/C21H21F3N2O5S/c1-14(19(27)25-17-8-6-16(7-9-17)21(22,23)24)31-20(28)15-4-10-18(11-5-15)32(29,30)26-12-2-3-13-26/h4-11,14H,2-3,12-13H2,1H3,(H,25,27). The Morgan fingerprint density at radius 1 is 1.00 bits per heavy atom. The van der Waals surface area contributed by atoms with Gasteiger partial charge < -0.3 is 10.1 Å². The SMILES string of the molecule is CC(OC(=O)c1ccc(S(=O)(=O)N2CCCC2)cc1)C(=O)Nc1ccc(C(F)(F)F)cc1. The van der Waals surface area contributed by atoms with Gasteiger partial charge in [0.05, 0.1) is 16.0 Å². The molecule has 172 valence electrons. The number of ether oxygens (including phenoxy) is 1. The van der Waals surface area contributed by atoms with E-state index in [1.54, 1.807) is 0 Å². The lowest BCUT2D eigenvalue weighted by molar-refractivity contribution is -0.137. The summed E-state index contributed by atoms with van der Waals surface area (Å²) in [5.74, 6) is -1.57. The molecule has 3 rings (SSSR count). The van der Waals surface area contributed by atoms with Gasteiger partial charge in [0.25, 0.3) is 5.91 Å². The zero-order valence-corrected chi connectivity index (χ0v) is 17.9. The zero-order chi connectivity index (χ0) is 23.5. The fourth-order valence-electron chi connectivity index (χ4n) is 3.11. The number of sulfonamides is 1. The minimum atomic E-state index is -4.49. The number of hydrogen-bond acceptors (Lipinski definition) is 5. The van der Waals surface area contributed by atoms with Crippen molar-refractivity contribution in [3.05, 3.63) is 59.7 Å². The van der Waals surface area contributed by atoms with Gasteiger partial charge in [0.2, 0.25) is 10.0 Å². The van der Waals surface area contributed by atoms with Crippen LogP contribution in [0, 0.1) is 0 Å². The van der Waals surface area contributed by atoms with E-state index in [4.69, 9.17) is 4.74 Å². The Morgan fingerprint density at radius 3 is 2.09 bits per heavy atom. The number of carbonyl (C=O) groups is 2. The third kappa shape index (κ3) is 5.46. The van der Waals surface area contributed by atoms with Crippen LogP contribution in [0.25, 0.3) is 0 Å². The van der Waals surface area contributed by atoms with Crippen LogP contribution in [0.1, 0.15) is 35.7 Å². The van der Waals surface area contributed by atoms with Crippen molar-refractivity contribution in [3.8, 4) is 0 Å². The van der Waals surface area contributed by atoms with Crippen molar-refractivity contribution in [1.29, 1.82) is 0 Å². The average molecular weight is 470 g/mol. The van der Waals surface area contributed by atoms with Crippen molar-refractivity contribution in [1.82, 2.24) is 4.31 Å². The molecule has 0 radical (unpaired) electrons. The second-order valence-electron chi connectivity index (χ2n) is 7.25. The lowest BCUT2D eigenvalue weighted by Crippen LogP contribution is -2.30. The van der Waals surface area contributed by atoms with Crippen molar-refractivity contribution < 1.29 is 35.9 Å². The average Bonchev–Trinajstić information content (AvgIpc) is 3.29. The van der Waals surface area contributed by atoms with Gasteiger partial charge in [0.15, 0.2) is 6.10 Å². The Morgan fingerprint density at radius 2 is 1.56 bits per heavy atom. The number of nitrogens with one attached hydrogen (secondary N) is 1. The number of hydrogen-bond donors (Lipinski definition) is 1. The van der Waals surface area contributed by atoms with Crippen molar-refractivity contribution in [2.45, 2.75) is 36.9 Å². The first-order valence-corrected chi connectivity index (χ1v) is 11.2. The van der Waals surface area contributed by atoms with E-state index in [9.17, 15) is 31.2 Å². The monoisotopic (exact) mass is 470 g/mol. The van der Waals surface area contributed by atoms with Crippen LogP contribution >= 0.6 is 0 Å². The molecule has 1 aliphatic heterocycles. The van der Waals surface area contributed by atoms with Gasteiger partial charge in [-0.25, -0.2) is 13.2 Å². The number of alkyl halides is 3. The maximum Gasteiger partial charge on any atom is 0.416 e. The van der Waals surface area contributed by atoms with Crippen LogP contribution in [0.4, 0.5) is 18.9 Å². The highest BCUT2D eigenvalue weighted by atomic mass is 32.2. The summed E-state index contributed by atoms with van der Waals surface area (Å²) in [6.07, 6.45) is -4.13. The minimum absolute atomic E-state index is 0.0551. The van der Waals surface area contributed by atoms with E-state index in [1.165, 1.54) is 35.5 Å². The molecule has 1 atom stereocenters. The molecule has 32 heavy (non-hydrogen) atoms. The van der Waals surface area contributed by atoms with Crippen LogP contribution in [0.15, 0.2) is 53.4 Å². The highest BCUT2D eigenvalue weighted by Crippen LogP contribution is 2.30. The van der Waals surface area contributed by atoms with Gasteiger partial charge in [-0.15, -0.1) is 0 Å². The van der Waals surface area contributed by atoms with E-state index in [0.29, 0.717) is 13.1 Å². The number of esters is 1. The lowest BCUT2D eigenvalue weighted by atomic mass is 10.2. The molecule has 1 saturated heterocycles. The fourth-order valence-corrected chi connectivity index (χ4v) is 4.63. The number of amides is 1. The second-order valence-corrected chi connectivity index (χ2v) is 9.19. The van der Waals surface area contributed by atoms with Crippen LogP contribution < -0.4 is 5.32 Å². The molecule has 2 aromatic carbocycles. The summed E-state index contributed by atoms with van der Waals surface area (Å²) in [6.45, 7) is 2.22. The first-order chi connectivity index (χ1) is 15.0. The maximum absolute atomic E-state index is 12.6. The smallest absolute Gasteiger partial charge is 0.416 e. The molecule has 0 spiro atoms. The summed E-state index contributed by atoms with van der Waals surface area (Å²) in [4.78, 5) is 24.6. The summed E-state index contributed by atoms with van der Waals surface area (Å²) in [6, 6.07) is 9.03. The van der Waals surface area contributed by atoms with Crippen LogP contribution in [0.3, 0.4) is 0 Å². The summed E-state index contributed by atoms with van der Waals surface area (Å²) < 4.78 is 69.3. The van der Waals surface area contributed by atoms with E-state index < -0.39 is 39.7 Å². The fraction of sp³-hybridized carbons (Fsp3) is 0.333. The molecule has 1 fully saturated rings. The predicted octanol–water partition coefficient (Wildman–Crippen LogP) is 3.67. The predicted molar refractivity (Wildman–Crippen MR) is 109 cm³/mol. The van der Waals surface area contributed by atoms with Crippen molar-refractivity contribution in [2.24, 2.45) is 0 Å². The topological polar surface area (TPSA) is 92.8 Å². The highest BCUT2D eigenvalue weighted by molar-refractivity contribution is 7.89. The Balaban J connectivity index is 1.59. The highest BCUT2D eigenvalue weighted by Gasteiger charge is 2.30. The van der Waals surface area contributed by atoms with Crippen LogP contribution in [0.2, 0.25) is 0 Å². The Kier molecular flexibility index (Phi) is 6.89. The molecule has 1 heterocycles. The molecule has 0 bridgehead atoms. The van der Waals surface area contributed by atoms with Gasteiger partial charge in [-0.3, -0.25) is 4.79 Å². The second kappa shape index (κ2) is 9.29. The van der Waals surface area contributed by atoms with Crippen LogP contribution in [0.5, 0.6) is 0 Å². The molecule has 0 aromatic heterocycles. The minimum Gasteiger partial charge on any atom is -0.449 e. The normalized spacial score (nSPS) is 15.9. The van der Waals surface area contributed by atoms with E-state index in [0.717, 1.165) is 37.1 Å². The molecule has 0 aliphatic carbocycles. The van der Waals surface area contributed by atoms with Crippen molar-refractivity contribution in [3.63, 3.8) is 0 Å². The van der Waals surface area contributed by atoms with E-state index >= 15 is 0 Å². The summed E-state index contributed by atoms with van der Waals surface area (Å²) in [5, 5.41) is 2.37. The first-order valence-electron chi connectivity index (χ1n) is 9.78. The third-order valence-corrected chi connectivity index (χ3v) is 6.84. The molecule has 0 saturated carbocycles. The number of carbonyl (C=O) groups excluding carboxylic acids is 2. The lowest BCUT2D eigenvalue weighted by Gasteiger charge is -2.16. The molecule has 1 N–H and O–H groups in total. The van der Waals surface area contributed by atoms with Gasteiger partial charge in [-0.2, -0.15) is 17.5 Å².